The van der Waals surface area contributed by atoms with Gasteiger partial charge in [-0.25, -0.2) is 0 Å². The quantitative estimate of drug-likeness (QED) is 0.840. The van der Waals surface area contributed by atoms with Crippen LogP contribution in [-0.4, -0.2) is 29.8 Å². The number of nitrogens with zero attached hydrogens (tertiary/aromatic N) is 3. The highest BCUT2D eigenvalue weighted by atomic mass is 35.5. The van der Waals surface area contributed by atoms with Gasteiger partial charge in [-0.2, -0.15) is 10.2 Å². The van der Waals surface area contributed by atoms with E-state index in [1.54, 1.807) is 0 Å². The van der Waals surface area contributed by atoms with Gasteiger partial charge < -0.3 is 9.47 Å². The van der Waals surface area contributed by atoms with Gasteiger partial charge in [-0.15, -0.1) is 0 Å². The van der Waals surface area contributed by atoms with Crippen LogP contribution in [0, 0.1) is 16.7 Å². The van der Waals surface area contributed by atoms with Crippen LogP contribution in [-0.2, 0) is 4.74 Å². The molecule has 1 aliphatic rings. The Labute approximate surface area is 111 Å². The zero-order valence-electron chi connectivity index (χ0n) is 9.93. The van der Waals surface area contributed by atoms with Gasteiger partial charge in [0.1, 0.15) is 6.61 Å². The average Bonchev–Trinajstić information content (AvgIpc) is 2.63. The summed E-state index contributed by atoms with van der Waals surface area (Å²) in [5.41, 5.74) is -0.500. The summed E-state index contributed by atoms with van der Waals surface area (Å²) in [5.74, 6) is 0.349. The summed E-state index contributed by atoms with van der Waals surface area (Å²) in [6, 6.07) is 2.36. The largest absolute Gasteiger partial charge is 0.475 e. The van der Waals surface area contributed by atoms with Crippen molar-refractivity contribution in [2.24, 2.45) is 5.41 Å². The zero-order chi connectivity index (χ0) is 12.8. The van der Waals surface area contributed by atoms with Crippen molar-refractivity contribution in [1.29, 1.82) is 5.26 Å². The molecule has 0 spiro atoms. The average molecular weight is 268 g/mol. The van der Waals surface area contributed by atoms with E-state index in [9.17, 15) is 5.26 Å². The van der Waals surface area contributed by atoms with Crippen LogP contribution in [0.25, 0.3) is 0 Å². The second kappa shape index (κ2) is 5.98. The van der Waals surface area contributed by atoms with E-state index >= 15 is 0 Å². The summed E-state index contributed by atoms with van der Waals surface area (Å²) in [6.07, 6.45) is 5.26. The highest BCUT2D eigenvalue weighted by molar-refractivity contribution is 6.29. The molecule has 1 aromatic rings. The van der Waals surface area contributed by atoms with Gasteiger partial charge in [0.25, 0.3) is 0 Å². The van der Waals surface area contributed by atoms with Gasteiger partial charge in [-0.1, -0.05) is 11.6 Å². The molecule has 0 N–H and O–H groups in total. The van der Waals surface area contributed by atoms with Crippen molar-refractivity contribution in [3.8, 4) is 11.9 Å². The van der Waals surface area contributed by atoms with Crippen molar-refractivity contribution >= 4 is 11.6 Å². The molecular weight excluding hydrogens is 254 g/mol. The molecule has 0 radical (unpaired) electrons. The van der Waals surface area contributed by atoms with Crippen molar-refractivity contribution < 1.29 is 9.47 Å². The van der Waals surface area contributed by atoms with Crippen molar-refractivity contribution in [3.63, 3.8) is 0 Å². The summed E-state index contributed by atoms with van der Waals surface area (Å²) < 4.78 is 10.9. The molecule has 1 aromatic heterocycles. The minimum atomic E-state index is -0.500. The van der Waals surface area contributed by atoms with Crippen molar-refractivity contribution in [1.82, 2.24) is 9.97 Å². The van der Waals surface area contributed by atoms with Gasteiger partial charge in [-0.05, 0) is 19.3 Å². The van der Waals surface area contributed by atoms with Crippen LogP contribution in [0.15, 0.2) is 12.4 Å². The summed E-state index contributed by atoms with van der Waals surface area (Å²) >= 11 is 5.72. The van der Waals surface area contributed by atoms with Crippen LogP contribution in [0.3, 0.4) is 0 Å². The van der Waals surface area contributed by atoms with Crippen LogP contribution in [0.4, 0.5) is 0 Å². The lowest BCUT2D eigenvalue weighted by Crippen LogP contribution is -2.27. The Balaban J connectivity index is 2.00. The molecule has 5 nitrogen and oxygen atoms in total. The van der Waals surface area contributed by atoms with E-state index in [-0.39, 0.29) is 5.15 Å². The second-order valence-corrected chi connectivity index (χ2v) is 4.71. The van der Waals surface area contributed by atoms with E-state index in [2.05, 4.69) is 16.0 Å². The molecule has 0 aromatic carbocycles. The Kier molecular flexibility index (Phi) is 4.34. The van der Waals surface area contributed by atoms with Crippen LogP contribution in [0.2, 0.25) is 5.15 Å². The number of hydrogen-bond donors (Lipinski definition) is 0. The van der Waals surface area contributed by atoms with E-state index in [0.29, 0.717) is 32.1 Å². The second-order valence-electron chi connectivity index (χ2n) is 4.33. The number of hydrogen-bond acceptors (Lipinski definition) is 5. The van der Waals surface area contributed by atoms with Gasteiger partial charge in [0.2, 0.25) is 5.88 Å². The summed E-state index contributed by atoms with van der Waals surface area (Å²) in [7, 11) is 0. The molecule has 1 unspecified atom stereocenters. The number of aromatic nitrogens is 2. The van der Waals surface area contributed by atoms with E-state index in [1.807, 2.05) is 0 Å². The molecule has 96 valence electrons. The maximum atomic E-state index is 9.35. The predicted octanol–water partition coefficient (Wildman–Crippen LogP) is 2.22. The molecule has 0 bridgehead atoms. The van der Waals surface area contributed by atoms with Gasteiger partial charge in [0.15, 0.2) is 5.15 Å². The molecule has 1 fully saturated rings. The molecule has 0 saturated carbocycles. The van der Waals surface area contributed by atoms with Crippen LogP contribution in [0.1, 0.15) is 19.3 Å². The topological polar surface area (TPSA) is 68.0 Å². The summed E-state index contributed by atoms with van der Waals surface area (Å²) in [6.45, 7) is 1.60. The van der Waals surface area contributed by atoms with Crippen LogP contribution < -0.4 is 4.74 Å². The SMILES string of the molecule is N#CC1(COc2cncc(Cl)n2)CCCOCC1. The fourth-order valence-electron chi connectivity index (χ4n) is 1.90. The van der Waals surface area contributed by atoms with E-state index in [0.717, 1.165) is 12.8 Å². The standard InChI is InChI=1S/C12H14ClN3O2/c13-10-6-15-7-11(16-10)18-9-12(8-14)2-1-4-17-5-3-12/h6-7H,1-5,9H2. The Morgan fingerprint density at radius 2 is 2.33 bits per heavy atom. The fraction of sp³-hybridized carbons (Fsp3) is 0.583. The molecule has 2 heterocycles. The van der Waals surface area contributed by atoms with E-state index < -0.39 is 5.41 Å². The van der Waals surface area contributed by atoms with E-state index in [4.69, 9.17) is 21.1 Å². The van der Waals surface area contributed by atoms with Gasteiger partial charge in [-0.3, -0.25) is 4.98 Å². The number of halogens is 1. The molecule has 18 heavy (non-hydrogen) atoms. The zero-order valence-corrected chi connectivity index (χ0v) is 10.7. The third kappa shape index (κ3) is 3.31. The Morgan fingerprint density at radius 1 is 1.44 bits per heavy atom. The predicted molar refractivity (Wildman–Crippen MR) is 65.3 cm³/mol. The van der Waals surface area contributed by atoms with Crippen molar-refractivity contribution in [2.75, 3.05) is 19.8 Å². The summed E-state index contributed by atoms with van der Waals surface area (Å²) in [4.78, 5) is 7.87. The Morgan fingerprint density at radius 3 is 3.11 bits per heavy atom. The van der Waals surface area contributed by atoms with E-state index in [1.165, 1.54) is 12.4 Å². The maximum Gasteiger partial charge on any atom is 0.233 e. The van der Waals surface area contributed by atoms with Crippen LogP contribution in [0.5, 0.6) is 5.88 Å². The lowest BCUT2D eigenvalue weighted by Gasteiger charge is -2.23. The lowest BCUT2D eigenvalue weighted by molar-refractivity contribution is 0.124. The molecule has 0 amide bonds. The highest BCUT2D eigenvalue weighted by Gasteiger charge is 2.32. The molecular formula is C12H14ClN3O2. The molecule has 1 saturated heterocycles. The maximum absolute atomic E-state index is 9.35. The van der Waals surface area contributed by atoms with Crippen molar-refractivity contribution in [2.45, 2.75) is 19.3 Å². The number of ether oxygens (including phenoxy) is 2. The molecule has 2 rings (SSSR count). The minimum absolute atomic E-state index is 0.280. The first-order valence-electron chi connectivity index (χ1n) is 5.83. The molecule has 0 aliphatic carbocycles. The Bertz CT molecular complexity index is 439. The first-order chi connectivity index (χ1) is 8.74. The van der Waals surface area contributed by atoms with Crippen molar-refractivity contribution in [3.05, 3.63) is 17.5 Å². The third-order valence-corrected chi connectivity index (χ3v) is 3.17. The summed E-state index contributed by atoms with van der Waals surface area (Å²) in [5, 5.41) is 9.63. The molecule has 6 heteroatoms. The number of nitriles is 1. The molecule has 1 atom stereocenters. The van der Waals surface area contributed by atoms with Gasteiger partial charge in [0.05, 0.1) is 23.9 Å². The lowest BCUT2D eigenvalue weighted by atomic mass is 9.83. The van der Waals surface area contributed by atoms with Gasteiger partial charge >= 0.3 is 0 Å². The first kappa shape index (κ1) is 13.1. The first-order valence-corrected chi connectivity index (χ1v) is 6.21. The van der Waals surface area contributed by atoms with Crippen LogP contribution >= 0.6 is 11.6 Å². The normalized spacial score (nSPS) is 24.0. The minimum Gasteiger partial charge on any atom is -0.475 e. The highest BCUT2D eigenvalue weighted by Crippen LogP contribution is 2.30. The number of rotatable bonds is 3. The Hall–Kier alpha value is -1.38. The molecule has 1 aliphatic heterocycles. The monoisotopic (exact) mass is 267 g/mol. The third-order valence-electron chi connectivity index (χ3n) is 2.99. The fourth-order valence-corrected chi connectivity index (χ4v) is 2.04. The smallest absolute Gasteiger partial charge is 0.233 e. The van der Waals surface area contributed by atoms with Gasteiger partial charge in [0, 0.05) is 13.2 Å².